The maximum atomic E-state index is 12.5. The quantitative estimate of drug-likeness (QED) is 0.536. The third kappa shape index (κ3) is 4.68. The highest BCUT2D eigenvalue weighted by molar-refractivity contribution is 5.69. The summed E-state index contributed by atoms with van der Waals surface area (Å²) in [6.07, 6.45) is 4.29. The van der Waals surface area contributed by atoms with Crippen molar-refractivity contribution >= 4 is 6.09 Å². The normalized spacial score (nSPS) is 20.2. The number of ether oxygens (including phenoxy) is 3. The lowest BCUT2D eigenvalue weighted by Crippen LogP contribution is -2.49. The number of hydrogen-bond donors (Lipinski definition) is 1. The molecule has 0 bridgehead atoms. The van der Waals surface area contributed by atoms with Crippen LogP contribution in [-0.4, -0.2) is 44.4 Å². The minimum atomic E-state index is -1.82. The van der Waals surface area contributed by atoms with Crippen molar-refractivity contribution < 1.29 is 19.0 Å². The van der Waals surface area contributed by atoms with Crippen molar-refractivity contribution in [1.82, 2.24) is 4.90 Å². The first-order chi connectivity index (χ1) is 17.4. The van der Waals surface area contributed by atoms with Crippen LogP contribution in [0.3, 0.4) is 0 Å². The molecule has 0 unspecified atom stereocenters. The van der Waals surface area contributed by atoms with E-state index in [0.717, 1.165) is 19.3 Å². The number of methoxy groups -OCH3 is 1. The molecule has 1 aromatic carbocycles. The Hall–Kier alpha value is -4.16. The van der Waals surface area contributed by atoms with Crippen molar-refractivity contribution in [2.75, 3.05) is 33.4 Å². The van der Waals surface area contributed by atoms with Crippen LogP contribution in [0.1, 0.15) is 44.6 Å². The van der Waals surface area contributed by atoms with Gasteiger partial charge in [0.1, 0.15) is 6.07 Å². The molecule has 1 aliphatic heterocycles. The highest BCUT2D eigenvalue weighted by atomic mass is 16.6. The van der Waals surface area contributed by atoms with E-state index in [1.54, 1.807) is 31.2 Å². The van der Waals surface area contributed by atoms with Crippen LogP contribution in [0.2, 0.25) is 0 Å². The zero-order valence-electron chi connectivity index (χ0n) is 20.9. The molecule has 9 nitrogen and oxygen atoms in total. The molecule has 188 valence electrons. The van der Waals surface area contributed by atoms with E-state index in [0.29, 0.717) is 29.2 Å². The highest BCUT2D eigenvalue weighted by Gasteiger charge is 2.55. The van der Waals surface area contributed by atoms with Crippen LogP contribution in [0.15, 0.2) is 41.1 Å². The van der Waals surface area contributed by atoms with Crippen molar-refractivity contribution in [2.24, 2.45) is 17.1 Å². The Morgan fingerprint density at radius 2 is 1.94 bits per heavy atom. The van der Waals surface area contributed by atoms with Gasteiger partial charge >= 0.3 is 6.09 Å². The summed E-state index contributed by atoms with van der Waals surface area (Å²) in [6, 6.07) is 11.6. The molecule has 1 aromatic rings. The number of carbonyl (C=O) groups excluding carboxylic acids is 1. The monoisotopic (exact) mass is 489 g/mol. The van der Waals surface area contributed by atoms with Crippen LogP contribution in [0.25, 0.3) is 0 Å². The summed E-state index contributed by atoms with van der Waals surface area (Å²) in [7, 11) is 1.53. The van der Waals surface area contributed by atoms with Gasteiger partial charge in [0.25, 0.3) is 0 Å². The summed E-state index contributed by atoms with van der Waals surface area (Å²) in [5.74, 6) is -0.283. The van der Waals surface area contributed by atoms with Gasteiger partial charge in [-0.15, -0.1) is 0 Å². The molecule has 0 fully saturated rings. The van der Waals surface area contributed by atoms with E-state index in [1.807, 2.05) is 0 Å². The Balaban J connectivity index is 2.13. The van der Waals surface area contributed by atoms with Crippen LogP contribution in [0.5, 0.6) is 11.5 Å². The van der Waals surface area contributed by atoms with Gasteiger partial charge in [-0.05, 0) is 36.6 Å². The standard InChI is InChI=1S/C27H31N5O4/c1-4-6-7-12-36-22-9-8-18(13-23(22)34-3)24-21-15-32(26(33)35-5-2)11-10-19(21)20(14-28)25(31)27(24,16-29)17-30/h8-10,13,21,24H,4-7,11-12,15,31H2,1-3H3/t21-,24+/m0/s1. The number of nitrogens with zero attached hydrogens (tertiary/aromatic N) is 4. The minimum absolute atomic E-state index is 0.0778. The van der Waals surface area contributed by atoms with Crippen LogP contribution in [-0.2, 0) is 4.74 Å². The fourth-order valence-electron chi connectivity index (χ4n) is 4.95. The van der Waals surface area contributed by atoms with Crippen molar-refractivity contribution in [3.8, 4) is 29.7 Å². The number of fused-ring (bicyclic) bond motifs is 1. The molecule has 0 aromatic heterocycles. The minimum Gasteiger partial charge on any atom is -0.493 e. The fraction of sp³-hybridized carbons (Fsp3) is 0.481. The Morgan fingerprint density at radius 1 is 1.19 bits per heavy atom. The van der Waals surface area contributed by atoms with Crippen LogP contribution >= 0.6 is 0 Å². The predicted octanol–water partition coefficient (Wildman–Crippen LogP) is 4.15. The predicted molar refractivity (Wildman–Crippen MR) is 131 cm³/mol. The van der Waals surface area contributed by atoms with Crippen molar-refractivity contribution in [3.05, 3.63) is 46.7 Å². The molecule has 1 aliphatic carbocycles. The summed E-state index contributed by atoms with van der Waals surface area (Å²) in [4.78, 5) is 14.0. The number of benzene rings is 1. The van der Waals surface area contributed by atoms with E-state index in [-0.39, 0.29) is 31.0 Å². The van der Waals surface area contributed by atoms with Gasteiger partial charge in [0, 0.05) is 24.9 Å². The molecule has 0 radical (unpaired) electrons. The molecule has 1 amide bonds. The average molecular weight is 490 g/mol. The summed E-state index contributed by atoms with van der Waals surface area (Å²) in [5, 5.41) is 30.4. The lowest BCUT2D eigenvalue weighted by Gasteiger charge is -2.45. The Morgan fingerprint density at radius 3 is 2.56 bits per heavy atom. The second-order valence-electron chi connectivity index (χ2n) is 8.75. The number of hydrogen-bond acceptors (Lipinski definition) is 8. The van der Waals surface area contributed by atoms with Gasteiger partial charge < -0.3 is 24.8 Å². The number of carbonyl (C=O) groups is 1. The topological polar surface area (TPSA) is 145 Å². The smallest absolute Gasteiger partial charge is 0.410 e. The number of unbranched alkanes of at least 4 members (excludes halogenated alkanes) is 2. The first-order valence-electron chi connectivity index (χ1n) is 12.1. The van der Waals surface area contributed by atoms with Gasteiger partial charge in [-0.1, -0.05) is 31.9 Å². The van der Waals surface area contributed by atoms with E-state index >= 15 is 0 Å². The average Bonchev–Trinajstić information content (AvgIpc) is 2.90. The molecule has 2 aliphatic rings. The summed E-state index contributed by atoms with van der Waals surface area (Å²) >= 11 is 0. The molecular weight excluding hydrogens is 458 g/mol. The van der Waals surface area contributed by atoms with Crippen LogP contribution < -0.4 is 15.2 Å². The summed E-state index contributed by atoms with van der Waals surface area (Å²) in [6.45, 7) is 4.99. The third-order valence-corrected chi connectivity index (χ3v) is 6.74. The first-order valence-corrected chi connectivity index (χ1v) is 12.1. The van der Waals surface area contributed by atoms with Gasteiger partial charge in [0.15, 0.2) is 16.9 Å². The SMILES string of the molecule is CCCCCOc1ccc([C@@H]2[C@H]3CN(C(=O)OCC)CC=C3C(C#N)=C(N)C2(C#N)C#N)cc1OC. The lowest BCUT2D eigenvalue weighted by atomic mass is 9.58. The maximum absolute atomic E-state index is 12.5. The highest BCUT2D eigenvalue weighted by Crippen LogP contribution is 2.54. The van der Waals surface area contributed by atoms with Crippen molar-refractivity contribution in [2.45, 2.75) is 39.0 Å². The molecule has 2 N–H and O–H groups in total. The first kappa shape index (κ1) is 26.4. The zero-order valence-corrected chi connectivity index (χ0v) is 20.9. The van der Waals surface area contributed by atoms with Crippen molar-refractivity contribution in [3.63, 3.8) is 0 Å². The van der Waals surface area contributed by atoms with Crippen molar-refractivity contribution in [1.29, 1.82) is 15.8 Å². The molecule has 3 rings (SSSR count). The second kappa shape index (κ2) is 11.5. The van der Waals surface area contributed by atoms with E-state index in [9.17, 15) is 20.6 Å². The van der Waals surface area contributed by atoms with Gasteiger partial charge in [0.2, 0.25) is 0 Å². The van der Waals surface area contributed by atoms with Crippen LogP contribution in [0, 0.1) is 45.3 Å². The Kier molecular flexibility index (Phi) is 8.46. The Bertz CT molecular complexity index is 1170. The molecule has 2 atom stereocenters. The van der Waals surface area contributed by atoms with Gasteiger partial charge in [-0.3, -0.25) is 0 Å². The maximum Gasteiger partial charge on any atom is 0.410 e. The van der Waals surface area contributed by atoms with E-state index in [4.69, 9.17) is 19.9 Å². The largest absolute Gasteiger partial charge is 0.493 e. The molecule has 0 spiro atoms. The van der Waals surface area contributed by atoms with Crippen LogP contribution in [0.4, 0.5) is 4.79 Å². The second-order valence-corrected chi connectivity index (χ2v) is 8.75. The number of nitrogens with two attached hydrogens (primary N) is 1. The molecule has 0 saturated heterocycles. The summed E-state index contributed by atoms with van der Waals surface area (Å²) in [5.41, 5.74) is 5.84. The lowest BCUT2D eigenvalue weighted by molar-refractivity contribution is 0.0999. The summed E-state index contributed by atoms with van der Waals surface area (Å²) < 4.78 is 16.7. The fourth-order valence-corrected chi connectivity index (χ4v) is 4.95. The van der Waals surface area contributed by atoms with Gasteiger partial charge in [0.05, 0.1) is 43.7 Å². The zero-order chi connectivity index (χ0) is 26.3. The third-order valence-electron chi connectivity index (χ3n) is 6.74. The van der Waals surface area contributed by atoms with E-state index in [2.05, 4.69) is 25.1 Å². The van der Waals surface area contributed by atoms with E-state index < -0.39 is 23.3 Å². The molecule has 36 heavy (non-hydrogen) atoms. The van der Waals surface area contributed by atoms with Gasteiger partial charge in [-0.25, -0.2) is 4.79 Å². The molecular formula is C27H31N5O4. The number of amides is 1. The molecule has 0 saturated carbocycles. The molecule has 9 heteroatoms. The van der Waals surface area contributed by atoms with Gasteiger partial charge in [-0.2, -0.15) is 15.8 Å². The molecule has 1 heterocycles. The number of allylic oxidation sites excluding steroid dienone is 2. The Labute approximate surface area is 211 Å². The van der Waals surface area contributed by atoms with E-state index in [1.165, 1.54) is 12.0 Å². The number of nitriles is 3. The number of rotatable bonds is 8.